The van der Waals surface area contributed by atoms with Crippen LogP contribution in [0.4, 0.5) is 9.80 Å². The molecule has 0 fully saturated rings. The number of imidazole rings is 1. The van der Waals surface area contributed by atoms with Crippen LogP contribution in [-0.2, 0) is 29.0 Å². The molecule has 0 saturated heterocycles. The predicted molar refractivity (Wildman–Crippen MR) is 131 cm³/mol. The maximum Gasteiger partial charge on any atom is 0.410 e. The van der Waals surface area contributed by atoms with Crippen molar-refractivity contribution in [3.8, 4) is 11.8 Å². The second kappa shape index (κ2) is 11.1. The lowest BCUT2D eigenvalue weighted by Crippen LogP contribution is -2.36. The molecule has 1 atom stereocenters. The molecular formula is C25H27N5O4S. The highest BCUT2D eigenvalue weighted by Gasteiger charge is 2.28. The van der Waals surface area contributed by atoms with Gasteiger partial charge in [-0.2, -0.15) is 5.26 Å². The number of carbonyl (C=O) groups excluding carboxylic acids is 2. The number of fused-ring (bicyclic) bond motifs is 1. The van der Waals surface area contributed by atoms with E-state index in [0.29, 0.717) is 36.6 Å². The number of nitriles is 1. The van der Waals surface area contributed by atoms with E-state index in [2.05, 4.69) is 16.4 Å². The van der Waals surface area contributed by atoms with Crippen molar-refractivity contribution in [1.82, 2.24) is 14.5 Å². The molecule has 1 N–H and O–H groups in total. The Morgan fingerprint density at radius 2 is 2.23 bits per heavy atom. The minimum absolute atomic E-state index is 0.0159. The first-order chi connectivity index (χ1) is 17.0. The molecule has 182 valence electrons. The van der Waals surface area contributed by atoms with Gasteiger partial charge in [-0.25, -0.2) is 9.78 Å². The third-order valence-corrected chi connectivity index (χ3v) is 7.10. The van der Waals surface area contributed by atoms with Gasteiger partial charge in [0.15, 0.2) is 0 Å². The molecule has 35 heavy (non-hydrogen) atoms. The van der Waals surface area contributed by atoms with Gasteiger partial charge in [0, 0.05) is 30.2 Å². The van der Waals surface area contributed by atoms with Gasteiger partial charge in [-0.1, -0.05) is 19.1 Å². The molecule has 2 aromatic heterocycles. The number of amides is 2. The quantitative estimate of drug-likeness (QED) is 0.505. The zero-order chi connectivity index (χ0) is 24.8. The van der Waals surface area contributed by atoms with Gasteiger partial charge in [-0.15, -0.1) is 11.3 Å². The van der Waals surface area contributed by atoms with E-state index in [1.165, 1.54) is 11.3 Å². The number of nitrogens with zero attached hydrogens (tertiary/aromatic N) is 4. The van der Waals surface area contributed by atoms with Crippen molar-refractivity contribution in [2.75, 3.05) is 25.6 Å². The number of anilines is 1. The summed E-state index contributed by atoms with van der Waals surface area (Å²) in [5.41, 5.74) is 2.39. The number of aromatic nitrogens is 2. The molecule has 0 spiro atoms. The molecule has 0 bridgehead atoms. The van der Waals surface area contributed by atoms with E-state index in [-0.39, 0.29) is 30.9 Å². The SMILES string of the molecule is COc1cccc(C(C)CC(=O)Nc2sc3c(c2C#N)CCN(C(=O)OCCn2ccnc2)C3)c1. The number of rotatable bonds is 8. The van der Waals surface area contributed by atoms with E-state index >= 15 is 0 Å². The fourth-order valence-corrected chi connectivity index (χ4v) is 5.27. The van der Waals surface area contributed by atoms with Gasteiger partial charge in [0.25, 0.3) is 0 Å². The molecular weight excluding hydrogens is 466 g/mol. The van der Waals surface area contributed by atoms with E-state index in [1.807, 2.05) is 42.0 Å². The molecule has 1 aliphatic heterocycles. The lowest BCUT2D eigenvalue weighted by molar-refractivity contribution is -0.116. The van der Waals surface area contributed by atoms with E-state index in [1.54, 1.807) is 24.5 Å². The number of ether oxygens (including phenoxy) is 2. The number of hydrogen-bond acceptors (Lipinski definition) is 7. The molecule has 2 amide bonds. The summed E-state index contributed by atoms with van der Waals surface area (Å²) in [4.78, 5) is 31.8. The zero-order valence-corrected chi connectivity index (χ0v) is 20.5. The highest BCUT2D eigenvalue weighted by Crippen LogP contribution is 2.37. The van der Waals surface area contributed by atoms with E-state index < -0.39 is 0 Å². The van der Waals surface area contributed by atoms with Crippen molar-refractivity contribution < 1.29 is 19.1 Å². The van der Waals surface area contributed by atoms with E-state index in [4.69, 9.17) is 9.47 Å². The largest absolute Gasteiger partial charge is 0.497 e. The Kier molecular flexibility index (Phi) is 7.67. The van der Waals surface area contributed by atoms with Gasteiger partial charge < -0.3 is 24.3 Å². The normalized spacial score (nSPS) is 13.5. The van der Waals surface area contributed by atoms with Crippen molar-refractivity contribution in [3.63, 3.8) is 0 Å². The second-order valence-electron chi connectivity index (χ2n) is 8.34. The molecule has 0 aliphatic carbocycles. The Balaban J connectivity index is 1.36. The molecule has 3 heterocycles. The van der Waals surface area contributed by atoms with Crippen molar-refractivity contribution in [2.45, 2.75) is 38.8 Å². The standard InChI is InChI=1S/C25H27N5O4S/c1-17(18-4-3-5-19(13-18)33-2)12-23(31)28-24-21(14-26)20-6-8-30(15-22(20)35-24)25(32)34-11-10-29-9-7-27-16-29/h3-5,7,9,13,16-17H,6,8,10-12,15H2,1-2H3,(H,28,31). The average Bonchev–Trinajstić information content (AvgIpc) is 3.50. The monoisotopic (exact) mass is 493 g/mol. The van der Waals surface area contributed by atoms with Crippen LogP contribution in [0.3, 0.4) is 0 Å². The lowest BCUT2D eigenvalue weighted by atomic mass is 9.97. The van der Waals surface area contributed by atoms with Crippen LogP contribution in [0.2, 0.25) is 0 Å². The minimum atomic E-state index is -0.389. The lowest BCUT2D eigenvalue weighted by Gasteiger charge is -2.26. The number of nitrogens with one attached hydrogen (secondary N) is 1. The fraction of sp³-hybridized carbons (Fsp3) is 0.360. The highest BCUT2D eigenvalue weighted by molar-refractivity contribution is 7.16. The van der Waals surface area contributed by atoms with Crippen molar-refractivity contribution >= 4 is 28.3 Å². The van der Waals surface area contributed by atoms with Gasteiger partial charge in [0.2, 0.25) is 5.91 Å². The van der Waals surface area contributed by atoms with Crippen LogP contribution < -0.4 is 10.1 Å². The molecule has 10 heteroatoms. The third kappa shape index (κ3) is 5.81. The first kappa shape index (κ1) is 24.3. The number of methoxy groups -OCH3 is 1. The van der Waals surface area contributed by atoms with E-state index in [9.17, 15) is 14.9 Å². The zero-order valence-electron chi connectivity index (χ0n) is 19.7. The van der Waals surface area contributed by atoms with Gasteiger partial charge in [0.1, 0.15) is 23.4 Å². The third-order valence-electron chi connectivity index (χ3n) is 5.97. The van der Waals surface area contributed by atoms with Gasteiger partial charge in [0.05, 0.1) is 32.1 Å². The summed E-state index contributed by atoms with van der Waals surface area (Å²) in [6, 6.07) is 9.89. The Morgan fingerprint density at radius 1 is 1.37 bits per heavy atom. The molecule has 1 aliphatic rings. The summed E-state index contributed by atoms with van der Waals surface area (Å²) in [7, 11) is 1.61. The van der Waals surface area contributed by atoms with Crippen molar-refractivity contribution in [3.05, 3.63) is 64.6 Å². The fourth-order valence-electron chi connectivity index (χ4n) is 4.04. The van der Waals surface area contributed by atoms with Crippen LogP contribution in [-0.4, -0.2) is 46.7 Å². The predicted octanol–water partition coefficient (Wildman–Crippen LogP) is 4.15. The van der Waals surface area contributed by atoms with Gasteiger partial charge >= 0.3 is 6.09 Å². The summed E-state index contributed by atoms with van der Waals surface area (Å²) < 4.78 is 12.5. The van der Waals surface area contributed by atoms with Gasteiger partial charge in [-0.3, -0.25) is 4.79 Å². The molecule has 3 aromatic rings. The average molecular weight is 494 g/mol. The van der Waals surface area contributed by atoms with Crippen LogP contribution in [0.15, 0.2) is 43.0 Å². The molecule has 1 unspecified atom stereocenters. The second-order valence-corrected chi connectivity index (χ2v) is 9.44. The van der Waals surface area contributed by atoms with Crippen LogP contribution >= 0.6 is 11.3 Å². The first-order valence-electron chi connectivity index (χ1n) is 11.3. The number of hydrogen-bond donors (Lipinski definition) is 1. The Morgan fingerprint density at radius 3 is 2.97 bits per heavy atom. The summed E-state index contributed by atoms with van der Waals surface area (Å²) in [6.45, 7) is 3.58. The number of benzene rings is 1. The smallest absolute Gasteiger partial charge is 0.410 e. The highest BCUT2D eigenvalue weighted by atomic mass is 32.1. The Bertz CT molecular complexity index is 1230. The first-order valence-corrected chi connectivity index (χ1v) is 12.2. The van der Waals surface area contributed by atoms with E-state index in [0.717, 1.165) is 21.8 Å². The topological polar surface area (TPSA) is 109 Å². The Labute approximate surface area is 207 Å². The Hall–Kier alpha value is -3.84. The maximum atomic E-state index is 12.8. The molecule has 9 nitrogen and oxygen atoms in total. The molecule has 0 radical (unpaired) electrons. The van der Waals surface area contributed by atoms with Crippen LogP contribution in [0.5, 0.6) is 5.75 Å². The van der Waals surface area contributed by atoms with Gasteiger partial charge in [-0.05, 0) is 35.6 Å². The van der Waals surface area contributed by atoms with Crippen LogP contribution in [0.1, 0.15) is 40.8 Å². The molecule has 1 aromatic carbocycles. The molecule has 4 rings (SSSR count). The van der Waals surface area contributed by atoms with Crippen LogP contribution in [0, 0.1) is 11.3 Å². The number of carbonyl (C=O) groups is 2. The minimum Gasteiger partial charge on any atom is -0.497 e. The summed E-state index contributed by atoms with van der Waals surface area (Å²) in [6.07, 6.45) is 5.58. The van der Waals surface area contributed by atoms with Crippen molar-refractivity contribution in [2.24, 2.45) is 0 Å². The summed E-state index contributed by atoms with van der Waals surface area (Å²) in [5, 5.41) is 13.2. The summed E-state index contributed by atoms with van der Waals surface area (Å²) >= 11 is 1.35. The molecule has 0 saturated carbocycles. The number of thiophene rings is 1. The summed E-state index contributed by atoms with van der Waals surface area (Å²) in [5.74, 6) is 0.571. The van der Waals surface area contributed by atoms with Crippen LogP contribution in [0.25, 0.3) is 0 Å². The maximum absolute atomic E-state index is 12.8. The van der Waals surface area contributed by atoms with Crippen molar-refractivity contribution in [1.29, 1.82) is 5.26 Å².